The molecule has 160 valence electrons. The summed E-state index contributed by atoms with van der Waals surface area (Å²) >= 11 is 6.39. The van der Waals surface area contributed by atoms with E-state index in [4.69, 9.17) is 11.6 Å². The molecule has 8 heteroatoms. The highest BCUT2D eigenvalue weighted by atomic mass is 35.5. The second-order valence-corrected chi connectivity index (χ2v) is 8.58. The fraction of sp³-hybridized carbons (Fsp3) is 0.348. The molecule has 0 bridgehead atoms. The molecule has 1 aromatic carbocycles. The SMILES string of the molecule is C=C1CCN1c1cc2cc(Nc3nc(N4CCCCC4)ncc3Cl)ccc2n(C)c1=O. The Hall–Kier alpha value is -3.06. The van der Waals surface area contributed by atoms with E-state index < -0.39 is 0 Å². The summed E-state index contributed by atoms with van der Waals surface area (Å²) in [5.74, 6) is 1.28. The maximum absolute atomic E-state index is 12.8. The van der Waals surface area contributed by atoms with Gasteiger partial charge in [-0.2, -0.15) is 4.98 Å². The largest absolute Gasteiger partial charge is 0.341 e. The van der Waals surface area contributed by atoms with E-state index in [0.717, 1.165) is 61.2 Å². The first-order chi connectivity index (χ1) is 15.0. The Balaban J connectivity index is 1.49. The molecular formula is C23H25ClN6O. The molecule has 2 aromatic heterocycles. The molecule has 0 spiro atoms. The number of anilines is 4. The third-order valence-electron chi connectivity index (χ3n) is 6.13. The van der Waals surface area contributed by atoms with Gasteiger partial charge in [0.2, 0.25) is 5.95 Å². The van der Waals surface area contributed by atoms with Gasteiger partial charge in [-0.3, -0.25) is 4.79 Å². The number of aromatic nitrogens is 3. The Morgan fingerprint density at radius 3 is 2.65 bits per heavy atom. The molecule has 2 fully saturated rings. The Morgan fingerprint density at radius 2 is 1.94 bits per heavy atom. The number of nitrogens with zero attached hydrogens (tertiary/aromatic N) is 5. The molecule has 0 unspecified atom stereocenters. The molecule has 2 saturated heterocycles. The van der Waals surface area contributed by atoms with Crippen molar-refractivity contribution in [3.8, 4) is 0 Å². The van der Waals surface area contributed by atoms with Crippen molar-refractivity contribution in [2.45, 2.75) is 25.7 Å². The number of rotatable bonds is 4. The second kappa shape index (κ2) is 7.89. The highest BCUT2D eigenvalue weighted by molar-refractivity contribution is 6.32. The van der Waals surface area contributed by atoms with Crippen LogP contribution in [-0.4, -0.2) is 34.2 Å². The minimum absolute atomic E-state index is 0.0147. The van der Waals surface area contributed by atoms with Gasteiger partial charge in [0.1, 0.15) is 10.7 Å². The van der Waals surface area contributed by atoms with Crippen LogP contribution in [0.15, 0.2) is 47.5 Å². The molecule has 7 nitrogen and oxygen atoms in total. The molecular weight excluding hydrogens is 412 g/mol. The third-order valence-corrected chi connectivity index (χ3v) is 6.41. The highest BCUT2D eigenvalue weighted by Gasteiger charge is 2.23. The zero-order valence-electron chi connectivity index (χ0n) is 17.6. The highest BCUT2D eigenvalue weighted by Crippen LogP contribution is 2.30. The predicted molar refractivity (Wildman–Crippen MR) is 127 cm³/mol. The van der Waals surface area contributed by atoms with Crippen molar-refractivity contribution in [2.75, 3.05) is 34.8 Å². The predicted octanol–water partition coefficient (Wildman–Crippen LogP) is 4.44. The molecule has 1 N–H and O–H groups in total. The van der Waals surface area contributed by atoms with Crippen LogP contribution in [0.2, 0.25) is 5.02 Å². The van der Waals surface area contributed by atoms with E-state index in [-0.39, 0.29) is 5.56 Å². The summed E-state index contributed by atoms with van der Waals surface area (Å²) in [6.45, 7) is 6.79. The van der Waals surface area contributed by atoms with E-state index in [1.807, 2.05) is 29.2 Å². The van der Waals surface area contributed by atoms with Crippen LogP contribution in [0.5, 0.6) is 0 Å². The molecule has 4 heterocycles. The quantitative estimate of drug-likeness (QED) is 0.652. The number of halogens is 1. The van der Waals surface area contributed by atoms with Gasteiger partial charge in [0.15, 0.2) is 5.82 Å². The minimum atomic E-state index is -0.0147. The maximum atomic E-state index is 12.8. The van der Waals surface area contributed by atoms with Crippen molar-refractivity contribution < 1.29 is 0 Å². The molecule has 5 rings (SSSR count). The second-order valence-electron chi connectivity index (χ2n) is 8.17. The van der Waals surface area contributed by atoms with Crippen LogP contribution in [0, 0.1) is 0 Å². The molecule has 2 aliphatic rings. The van der Waals surface area contributed by atoms with Gasteiger partial charge in [-0.05, 0) is 43.5 Å². The summed E-state index contributed by atoms with van der Waals surface area (Å²) in [5, 5.41) is 4.77. The normalized spacial score (nSPS) is 16.5. The molecule has 0 radical (unpaired) electrons. The first kappa shape index (κ1) is 19.9. The van der Waals surface area contributed by atoms with Gasteiger partial charge < -0.3 is 19.7 Å². The maximum Gasteiger partial charge on any atom is 0.274 e. The number of piperidine rings is 1. The van der Waals surface area contributed by atoms with Gasteiger partial charge in [0.05, 0.1) is 11.7 Å². The van der Waals surface area contributed by atoms with Gasteiger partial charge >= 0.3 is 0 Å². The zero-order chi connectivity index (χ0) is 21.5. The summed E-state index contributed by atoms with van der Waals surface area (Å²) in [4.78, 5) is 26.1. The zero-order valence-corrected chi connectivity index (χ0v) is 18.3. The molecule has 3 aromatic rings. The molecule has 0 aliphatic carbocycles. The lowest BCUT2D eigenvalue weighted by atomic mass is 10.1. The number of nitrogens with one attached hydrogen (secondary N) is 1. The number of pyridine rings is 1. The Morgan fingerprint density at radius 1 is 1.13 bits per heavy atom. The standard InChI is InChI=1S/C23H25ClN6O/c1-15-8-11-30(15)20-13-16-12-17(6-7-19(16)28(2)22(20)31)26-21-18(24)14-25-23(27-21)29-9-4-3-5-10-29/h6-7,12-14H,1,3-5,8-11H2,2H3,(H,25,26,27). The van der Waals surface area contributed by atoms with Crippen LogP contribution < -0.4 is 20.7 Å². The van der Waals surface area contributed by atoms with Crippen molar-refractivity contribution >= 4 is 45.6 Å². The Kier molecular flexibility index (Phi) is 5.06. The van der Waals surface area contributed by atoms with Gasteiger partial charge in [0, 0.05) is 49.9 Å². The average Bonchev–Trinajstić information content (AvgIpc) is 2.78. The van der Waals surface area contributed by atoms with E-state index in [9.17, 15) is 4.79 Å². The van der Waals surface area contributed by atoms with Crippen molar-refractivity contribution in [1.29, 1.82) is 0 Å². The lowest BCUT2D eigenvalue weighted by Gasteiger charge is -2.35. The summed E-state index contributed by atoms with van der Waals surface area (Å²) in [5.41, 5.74) is 3.34. The molecule has 2 aliphatic heterocycles. The minimum Gasteiger partial charge on any atom is -0.341 e. The lowest BCUT2D eigenvalue weighted by molar-refractivity contribution is 0.568. The van der Waals surface area contributed by atoms with E-state index in [0.29, 0.717) is 22.5 Å². The monoisotopic (exact) mass is 436 g/mol. The Bertz CT molecular complexity index is 1230. The molecule has 0 saturated carbocycles. The Labute approximate surface area is 186 Å². The van der Waals surface area contributed by atoms with Gasteiger partial charge in [-0.15, -0.1) is 0 Å². The number of benzene rings is 1. The number of hydrogen-bond donors (Lipinski definition) is 1. The summed E-state index contributed by atoms with van der Waals surface area (Å²) in [7, 11) is 1.80. The molecule has 31 heavy (non-hydrogen) atoms. The van der Waals surface area contributed by atoms with E-state index in [1.54, 1.807) is 17.8 Å². The first-order valence-corrected chi connectivity index (χ1v) is 11.0. The van der Waals surface area contributed by atoms with Gasteiger partial charge in [-0.1, -0.05) is 18.2 Å². The van der Waals surface area contributed by atoms with Crippen LogP contribution in [0.3, 0.4) is 0 Å². The van der Waals surface area contributed by atoms with E-state index in [2.05, 4.69) is 26.8 Å². The molecule has 0 atom stereocenters. The van der Waals surface area contributed by atoms with Crippen molar-refractivity contribution in [1.82, 2.24) is 14.5 Å². The van der Waals surface area contributed by atoms with Crippen LogP contribution >= 0.6 is 11.6 Å². The van der Waals surface area contributed by atoms with Crippen LogP contribution in [0.1, 0.15) is 25.7 Å². The van der Waals surface area contributed by atoms with E-state index in [1.165, 1.54) is 6.42 Å². The fourth-order valence-corrected chi connectivity index (χ4v) is 4.38. The van der Waals surface area contributed by atoms with Gasteiger partial charge in [-0.25, -0.2) is 4.98 Å². The average molecular weight is 437 g/mol. The molecule has 0 amide bonds. The van der Waals surface area contributed by atoms with Crippen LogP contribution in [0.4, 0.5) is 23.1 Å². The number of hydrogen-bond acceptors (Lipinski definition) is 6. The lowest BCUT2D eigenvalue weighted by Crippen LogP contribution is -2.39. The third kappa shape index (κ3) is 3.63. The number of fused-ring (bicyclic) bond motifs is 1. The summed E-state index contributed by atoms with van der Waals surface area (Å²) in [6, 6.07) is 7.82. The number of aryl methyl sites for hydroxylation is 1. The fourth-order valence-electron chi connectivity index (χ4n) is 4.24. The smallest absolute Gasteiger partial charge is 0.274 e. The topological polar surface area (TPSA) is 66.3 Å². The van der Waals surface area contributed by atoms with Gasteiger partial charge in [0.25, 0.3) is 5.56 Å². The van der Waals surface area contributed by atoms with E-state index >= 15 is 0 Å². The summed E-state index contributed by atoms with van der Waals surface area (Å²) < 4.78 is 1.69. The summed E-state index contributed by atoms with van der Waals surface area (Å²) in [6.07, 6.45) is 6.14. The van der Waals surface area contributed by atoms with Crippen LogP contribution in [-0.2, 0) is 7.05 Å². The van der Waals surface area contributed by atoms with Crippen molar-refractivity contribution in [2.24, 2.45) is 7.05 Å². The van der Waals surface area contributed by atoms with Crippen molar-refractivity contribution in [3.63, 3.8) is 0 Å². The van der Waals surface area contributed by atoms with Crippen LogP contribution in [0.25, 0.3) is 10.9 Å². The first-order valence-electron chi connectivity index (χ1n) is 10.6. The van der Waals surface area contributed by atoms with Crippen molar-refractivity contribution in [3.05, 3.63) is 58.1 Å².